The van der Waals surface area contributed by atoms with Crippen LogP contribution in [0.25, 0.3) is 22.4 Å². The van der Waals surface area contributed by atoms with Crippen molar-refractivity contribution in [3.05, 3.63) is 78.4 Å². The van der Waals surface area contributed by atoms with Crippen molar-refractivity contribution in [3.8, 4) is 29.5 Å². The monoisotopic (exact) mass is 455 g/mol. The van der Waals surface area contributed by atoms with Gasteiger partial charge >= 0.3 is 0 Å². The van der Waals surface area contributed by atoms with Crippen LogP contribution in [-0.4, -0.2) is 29.2 Å². The van der Waals surface area contributed by atoms with E-state index in [1.165, 1.54) is 0 Å². The predicted octanol–water partition coefficient (Wildman–Crippen LogP) is 6.14. The van der Waals surface area contributed by atoms with E-state index in [0.29, 0.717) is 12.4 Å². The summed E-state index contributed by atoms with van der Waals surface area (Å²) in [5.74, 6) is 4.22. The molecule has 2 N–H and O–H groups in total. The van der Waals surface area contributed by atoms with E-state index in [9.17, 15) is 0 Å². The number of para-hydroxylation sites is 2. The highest BCUT2D eigenvalue weighted by molar-refractivity contribution is 5.80. The van der Waals surface area contributed by atoms with Gasteiger partial charge in [-0.1, -0.05) is 48.4 Å². The first-order valence-electron chi connectivity index (χ1n) is 11.4. The highest BCUT2D eigenvalue weighted by Crippen LogP contribution is 2.34. The molecule has 0 radical (unpaired) electrons. The molecular weight excluding hydrogens is 426 g/mol. The number of nitrogens with one attached hydrogen (secondary N) is 2. The number of terminal acetylenes is 1. The van der Waals surface area contributed by atoms with Crippen LogP contribution in [-0.2, 0) is 9.47 Å². The summed E-state index contributed by atoms with van der Waals surface area (Å²) in [5.41, 5.74) is 4.52. The van der Waals surface area contributed by atoms with Crippen LogP contribution in [0.4, 0.5) is 5.69 Å². The van der Waals surface area contributed by atoms with Gasteiger partial charge in [0.25, 0.3) is 0 Å². The second kappa shape index (κ2) is 10.9. The third-order valence-corrected chi connectivity index (χ3v) is 5.32. The first kappa shape index (κ1) is 23.4. The first-order chi connectivity index (χ1) is 16.6. The lowest BCUT2D eigenvalue weighted by Gasteiger charge is -2.23. The van der Waals surface area contributed by atoms with Crippen molar-refractivity contribution >= 4 is 16.7 Å². The number of hydrogen-bond donors (Lipinski definition) is 2. The molecule has 174 valence electrons. The van der Waals surface area contributed by atoms with Crippen LogP contribution in [0, 0.1) is 12.3 Å². The number of imidazole rings is 1. The number of benzene rings is 3. The highest BCUT2D eigenvalue weighted by atomic mass is 16.8. The van der Waals surface area contributed by atoms with Crippen molar-refractivity contribution in [2.24, 2.45) is 0 Å². The Morgan fingerprint density at radius 2 is 1.76 bits per heavy atom. The van der Waals surface area contributed by atoms with Gasteiger partial charge in [0, 0.05) is 12.2 Å². The highest BCUT2D eigenvalue weighted by Gasteiger charge is 2.17. The zero-order valence-electron chi connectivity index (χ0n) is 19.6. The second-order valence-electron chi connectivity index (χ2n) is 7.81. The third-order valence-electron chi connectivity index (χ3n) is 5.32. The second-order valence-corrected chi connectivity index (χ2v) is 7.81. The quantitative estimate of drug-likeness (QED) is 0.222. The molecule has 6 heteroatoms. The van der Waals surface area contributed by atoms with Gasteiger partial charge in [0.1, 0.15) is 17.6 Å². The van der Waals surface area contributed by atoms with E-state index in [-0.39, 0.29) is 12.3 Å². The van der Waals surface area contributed by atoms with E-state index in [1.54, 1.807) is 0 Å². The largest absolute Gasteiger partial charge is 0.463 e. The van der Waals surface area contributed by atoms with Crippen molar-refractivity contribution in [2.45, 2.75) is 39.4 Å². The number of fused-ring (bicyclic) bond motifs is 1. The Bertz CT molecular complexity index is 1230. The van der Waals surface area contributed by atoms with E-state index < -0.39 is 6.29 Å². The van der Waals surface area contributed by atoms with E-state index >= 15 is 0 Å². The van der Waals surface area contributed by atoms with Gasteiger partial charge in [-0.25, -0.2) is 4.98 Å². The van der Waals surface area contributed by atoms with Gasteiger partial charge in [0.15, 0.2) is 12.6 Å². The van der Waals surface area contributed by atoms with Crippen LogP contribution in [0.2, 0.25) is 0 Å². The fraction of sp³-hybridized carbons (Fsp3) is 0.250. The number of ether oxygens (including phenoxy) is 3. The lowest BCUT2D eigenvalue weighted by Crippen LogP contribution is -2.25. The molecule has 6 nitrogen and oxygen atoms in total. The maximum atomic E-state index is 6.13. The molecule has 4 aromatic rings. The van der Waals surface area contributed by atoms with E-state index in [2.05, 4.69) is 16.2 Å². The number of aromatic nitrogens is 2. The fourth-order valence-electron chi connectivity index (χ4n) is 3.76. The maximum absolute atomic E-state index is 6.13. The van der Waals surface area contributed by atoms with Crippen LogP contribution < -0.4 is 10.1 Å². The Morgan fingerprint density at radius 3 is 2.50 bits per heavy atom. The summed E-state index contributed by atoms with van der Waals surface area (Å²) in [6, 6.07) is 23.3. The molecule has 1 aromatic heterocycles. The molecule has 4 rings (SSSR count). The number of anilines is 1. The summed E-state index contributed by atoms with van der Waals surface area (Å²) in [6.45, 7) is 6.17. The minimum Gasteiger partial charge on any atom is -0.463 e. The molecule has 3 atom stereocenters. The van der Waals surface area contributed by atoms with Crippen LogP contribution in [0.3, 0.4) is 0 Å². The predicted molar refractivity (Wildman–Crippen MR) is 135 cm³/mol. The zero-order valence-corrected chi connectivity index (χ0v) is 19.6. The summed E-state index contributed by atoms with van der Waals surface area (Å²) in [6.07, 6.45) is 4.98. The lowest BCUT2D eigenvalue weighted by atomic mass is 10.1. The summed E-state index contributed by atoms with van der Waals surface area (Å²) in [5, 5.41) is 3.45. The zero-order chi connectivity index (χ0) is 23.9. The molecule has 0 saturated carbocycles. The van der Waals surface area contributed by atoms with Crippen molar-refractivity contribution in [3.63, 3.8) is 0 Å². The SMILES string of the molecule is C#CC(Nc1cc(-c2nc3ccccc3[nH]2)ccc1OC(C)OC(C)OCC)c1ccccc1. The summed E-state index contributed by atoms with van der Waals surface area (Å²) < 4.78 is 17.4. The average Bonchev–Trinajstić information content (AvgIpc) is 3.28. The molecule has 34 heavy (non-hydrogen) atoms. The topological polar surface area (TPSA) is 68.4 Å². The molecule has 0 spiro atoms. The van der Waals surface area contributed by atoms with Crippen molar-refractivity contribution in [1.82, 2.24) is 9.97 Å². The van der Waals surface area contributed by atoms with Gasteiger partial charge in [-0.15, -0.1) is 6.42 Å². The van der Waals surface area contributed by atoms with E-state index in [0.717, 1.165) is 33.7 Å². The van der Waals surface area contributed by atoms with Crippen LogP contribution in [0.5, 0.6) is 5.75 Å². The van der Waals surface area contributed by atoms with E-state index in [4.69, 9.17) is 25.6 Å². The molecule has 0 amide bonds. The fourth-order valence-corrected chi connectivity index (χ4v) is 3.76. The Hall–Kier alpha value is -3.79. The average molecular weight is 456 g/mol. The summed E-state index contributed by atoms with van der Waals surface area (Å²) >= 11 is 0. The Kier molecular flexibility index (Phi) is 7.48. The molecule has 1 heterocycles. The number of H-pyrrole nitrogens is 1. The summed E-state index contributed by atoms with van der Waals surface area (Å²) in [7, 11) is 0. The number of hydrogen-bond acceptors (Lipinski definition) is 5. The Labute approximate surface area is 200 Å². The molecule has 0 aliphatic carbocycles. The first-order valence-corrected chi connectivity index (χ1v) is 11.4. The van der Waals surface area contributed by atoms with Gasteiger partial charge in [0.05, 0.1) is 16.7 Å². The minimum absolute atomic E-state index is 0.340. The lowest BCUT2D eigenvalue weighted by molar-refractivity contribution is -0.201. The minimum atomic E-state index is -0.528. The standard InChI is InChI=1S/C28H29N3O3/c1-5-23(21-12-8-7-9-13-21)29-26-18-22(28-30-24-14-10-11-15-25(24)31-28)16-17-27(26)34-20(4)33-19(3)32-6-2/h1,7-20,23,29H,6H2,2-4H3,(H,30,31). The van der Waals surface area contributed by atoms with Gasteiger partial charge in [-0.2, -0.15) is 0 Å². The van der Waals surface area contributed by atoms with Gasteiger partial charge < -0.3 is 24.5 Å². The maximum Gasteiger partial charge on any atom is 0.199 e. The summed E-state index contributed by atoms with van der Waals surface area (Å²) in [4.78, 5) is 8.10. The molecular formula is C28H29N3O3. The molecule has 0 saturated heterocycles. The van der Waals surface area contributed by atoms with Gasteiger partial charge in [-0.05, 0) is 56.7 Å². The normalized spacial score (nSPS) is 13.7. The molecule has 0 aliphatic heterocycles. The molecule has 0 bridgehead atoms. The third kappa shape index (κ3) is 5.57. The van der Waals surface area contributed by atoms with Crippen molar-refractivity contribution in [2.75, 3.05) is 11.9 Å². The van der Waals surface area contributed by atoms with Gasteiger partial charge in [-0.3, -0.25) is 0 Å². The van der Waals surface area contributed by atoms with Crippen molar-refractivity contribution in [1.29, 1.82) is 0 Å². The molecule has 3 aromatic carbocycles. The molecule has 0 aliphatic rings. The molecule has 0 fully saturated rings. The van der Waals surface area contributed by atoms with Crippen LogP contribution >= 0.6 is 0 Å². The Balaban J connectivity index is 1.66. The van der Waals surface area contributed by atoms with E-state index in [1.807, 2.05) is 93.6 Å². The van der Waals surface area contributed by atoms with Crippen LogP contribution in [0.15, 0.2) is 72.8 Å². The smallest absolute Gasteiger partial charge is 0.199 e. The number of nitrogens with zero attached hydrogens (tertiary/aromatic N) is 1. The van der Waals surface area contributed by atoms with Gasteiger partial charge in [0.2, 0.25) is 0 Å². The Morgan fingerprint density at radius 1 is 1.00 bits per heavy atom. The number of aromatic amines is 1. The molecule has 3 unspecified atom stereocenters. The van der Waals surface area contributed by atoms with Crippen LogP contribution in [0.1, 0.15) is 32.4 Å². The van der Waals surface area contributed by atoms with Crippen molar-refractivity contribution < 1.29 is 14.2 Å². The number of rotatable bonds is 10.